The van der Waals surface area contributed by atoms with Gasteiger partial charge >= 0.3 is 5.97 Å². The molecule has 264 valence electrons. The third kappa shape index (κ3) is 8.92. The van der Waals surface area contributed by atoms with Crippen molar-refractivity contribution in [3.8, 4) is 0 Å². The highest BCUT2D eigenvalue weighted by molar-refractivity contribution is 5.93. The van der Waals surface area contributed by atoms with Crippen molar-refractivity contribution in [3.05, 3.63) is 193 Å². The van der Waals surface area contributed by atoms with Crippen molar-refractivity contribution in [2.75, 3.05) is 0 Å². The largest absolute Gasteiger partial charge is 0.478 e. The van der Waals surface area contributed by atoms with Crippen LogP contribution in [0.4, 0.5) is 0 Å². The summed E-state index contributed by atoms with van der Waals surface area (Å²) in [5.74, 6) is -0.926. The number of allylic oxidation sites excluding steroid dienone is 2. The number of carboxylic acid groups (broad SMARTS) is 1. The molecule has 0 fully saturated rings. The number of aliphatic carboxylic acids is 1. The molecule has 0 radical (unpaired) electrons. The van der Waals surface area contributed by atoms with E-state index in [0.29, 0.717) is 19.3 Å². The minimum Gasteiger partial charge on any atom is -0.478 e. The number of carbonyl (C=O) groups is 2. The molecule has 0 aliphatic heterocycles. The number of aryl methyl sites for hydroxylation is 2. The third-order valence-electron chi connectivity index (χ3n) is 9.42. The monoisotopic (exact) mass is 706 g/mol. The predicted molar refractivity (Wildman–Crippen MR) is 219 cm³/mol. The van der Waals surface area contributed by atoms with Crippen LogP contribution in [-0.4, -0.2) is 27.5 Å². The fourth-order valence-electron chi connectivity index (χ4n) is 6.63. The van der Waals surface area contributed by atoms with Crippen molar-refractivity contribution >= 4 is 66.9 Å². The minimum atomic E-state index is -0.926. The molecule has 6 heteroatoms. The van der Waals surface area contributed by atoms with Crippen molar-refractivity contribution in [2.45, 2.75) is 25.7 Å². The Hall–Kier alpha value is -6.92. The maximum absolute atomic E-state index is 11.3. The highest BCUT2D eigenvalue weighted by atomic mass is 16.5. The summed E-state index contributed by atoms with van der Waals surface area (Å²) < 4.78 is 4.96. The van der Waals surface area contributed by atoms with Gasteiger partial charge in [-0.1, -0.05) is 121 Å². The lowest BCUT2D eigenvalue weighted by molar-refractivity contribution is -0.131. The molecule has 54 heavy (non-hydrogen) atoms. The summed E-state index contributed by atoms with van der Waals surface area (Å²) in [4.78, 5) is 31.5. The Kier molecular flexibility index (Phi) is 11.2. The molecule has 1 N–H and O–H groups in total. The SMILES string of the molecule is O=C(O)/C=C(/CCc1ccc2ccccc2n1)c1ccc2ccccc2c1.O=CO/C=C(\CCc1ccc2ccccc2n1)c1ccc2ccccc2c1. The standard InChI is InChI=1S/2C24H19NO2/c26-17-27-16-22(21-10-9-18-5-1-2-7-20(18)15-21)12-14-23-13-11-19-6-3-4-8-24(19)25-23;26-24(27)16-21(20-10-9-17-5-1-2-7-19(17)15-20)12-14-22-13-11-18-6-3-4-8-23(18)25-22/h1-11,13,15-17H,12,14H2;1-11,13,15-16H,12,14H2,(H,26,27)/b22-16+;21-16-. The molecule has 0 aliphatic rings. The van der Waals surface area contributed by atoms with Crippen LogP contribution in [0.5, 0.6) is 0 Å². The second kappa shape index (κ2) is 17.1. The average molecular weight is 707 g/mol. The molecule has 0 spiro atoms. The molecule has 6 nitrogen and oxygen atoms in total. The van der Waals surface area contributed by atoms with E-state index < -0.39 is 5.97 Å². The Morgan fingerprint density at radius 1 is 0.519 bits per heavy atom. The van der Waals surface area contributed by atoms with E-state index in [-0.39, 0.29) is 0 Å². The highest BCUT2D eigenvalue weighted by Crippen LogP contribution is 2.27. The summed E-state index contributed by atoms with van der Waals surface area (Å²) in [7, 11) is 0. The van der Waals surface area contributed by atoms with E-state index in [2.05, 4.69) is 66.7 Å². The van der Waals surface area contributed by atoms with E-state index >= 15 is 0 Å². The Bertz CT molecular complexity index is 2660. The number of hydrogen-bond acceptors (Lipinski definition) is 5. The first-order chi connectivity index (χ1) is 26.5. The Labute approximate surface area is 313 Å². The first kappa shape index (κ1) is 35.5. The molecule has 0 bridgehead atoms. The van der Waals surface area contributed by atoms with Crippen LogP contribution in [0.25, 0.3) is 54.5 Å². The molecular formula is C48H38N2O4. The van der Waals surface area contributed by atoms with Gasteiger partial charge in [0.05, 0.1) is 17.3 Å². The summed E-state index contributed by atoms with van der Waals surface area (Å²) in [5, 5.41) is 16.2. The molecule has 0 atom stereocenters. The number of fused-ring (bicyclic) bond motifs is 4. The molecule has 0 unspecified atom stereocenters. The zero-order chi connectivity index (χ0) is 37.1. The Morgan fingerprint density at radius 3 is 1.44 bits per heavy atom. The third-order valence-corrected chi connectivity index (χ3v) is 9.42. The van der Waals surface area contributed by atoms with Crippen LogP contribution in [0, 0.1) is 0 Å². The first-order valence-electron chi connectivity index (χ1n) is 17.9. The normalized spacial score (nSPS) is 11.7. The lowest BCUT2D eigenvalue weighted by atomic mass is 9.96. The van der Waals surface area contributed by atoms with Crippen molar-refractivity contribution < 1.29 is 19.4 Å². The maximum Gasteiger partial charge on any atom is 0.328 e. The van der Waals surface area contributed by atoms with Gasteiger partial charge < -0.3 is 9.84 Å². The van der Waals surface area contributed by atoms with E-state index in [1.54, 1.807) is 0 Å². The summed E-state index contributed by atoms with van der Waals surface area (Å²) in [5.41, 5.74) is 7.72. The highest BCUT2D eigenvalue weighted by Gasteiger charge is 2.09. The smallest absolute Gasteiger partial charge is 0.328 e. The zero-order valence-electron chi connectivity index (χ0n) is 29.6. The number of carbonyl (C=O) groups excluding carboxylic acids is 1. The summed E-state index contributed by atoms with van der Waals surface area (Å²) in [6, 6.07) is 53.0. The zero-order valence-corrected chi connectivity index (χ0v) is 29.6. The van der Waals surface area contributed by atoms with Gasteiger partial charge in [0.15, 0.2) is 0 Å². The number of ether oxygens (including phenoxy) is 1. The van der Waals surface area contributed by atoms with Gasteiger partial charge in [-0.05, 0) is 106 Å². The molecule has 2 heterocycles. The average Bonchev–Trinajstić information content (AvgIpc) is 3.22. The molecule has 2 aromatic heterocycles. The lowest BCUT2D eigenvalue weighted by Gasteiger charge is -2.09. The Morgan fingerprint density at radius 2 is 0.944 bits per heavy atom. The maximum atomic E-state index is 11.3. The van der Waals surface area contributed by atoms with Crippen molar-refractivity contribution in [2.24, 2.45) is 0 Å². The fraction of sp³-hybridized carbons (Fsp3) is 0.0833. The molecule has 0 saturated heterocycles. The van der Waals surface area contributed by atoms with Crippen LogP contribution >= 0.6 is 0 Å². The molecule has 6 aromatic carbocycles. The van der Waals surface area contributed by atoms with E-state index in [9.17, 15) is 14.7 Å². The van der Waals surface area contributed by atoms with E-state index in [0.717, 1.165) is 84.5 Å². The minimum absolute atomic E-state index is 0.454. The topological polar surface area (TPSA) is 89.4 Å². The van der Waals surface area contributed by atoms with Crippen LogP contribution in [0.3, 0.4) is 0 Å². The fourth-order valence-corrected chi connectivity index (χ4v) is 6.63. The van der Waals surface area contributed by atoms with Crippen LogP contribution in [0.1, 0.15) is 35.4 Å². The van der Waals surface area contributed by atoms with Crippen LogP contribution in [0.2, 0.25) is 0 Å². The number of para-hydroxylation sites is 2. The molecule has 8 rings (SSSR count). The number of hydrogen-bond donors (Lipinski definition) is 1. The summed E-state index contributed by atoms with van der Waals surface area (Å²) in [6.45, 7) is 0.454. The number of benzene rings is 6. The van der Waals surface area contributed by atoms with Gasteiger partial charge in [0, 0.05) is 28.2 Å². The van der Waals surface area contributed by atoms with E-state index in [1.807, 2.05) is 91.0 Å². The number of nitrogens with zero attached hydrogens (tertiary/aromatic N) is 2. The predicted octanol–water partition coefficient (Wildman–Crippen LogP) is 11.0. The molecule has 0 saturated carbocycles. The molecular weight excluding hydrogens is 669 g/mol. The van der Waals surface area contributed by atoms with Crippen molar-refractivity contribution in [1.29, 1.82) is 0 Å². The van der Waals surface area contributed by atoms with Gasteiger partial charge in [0.25, 0.3) is 6.47 Å². The van der Waals surface area contributed by atoms with Crippen molar-refractivity contribution in [3.63, 3.8) is 0 Å². The van der Waals surface area contributed by atoms with Crippen LogP contribution < -0.4 is 0 Å². The van der Waals surface area contributed by atoms with Crippen molar-refractivity contribution in [1.82, 2.24) is 9.97 Å². The molecule has 8 aromatic rings. The van der Waals surface area contributed by atoms with Crippen LogP contribution in [0.15, 0.2) is 170 Å². The van der Waals surface area contributed by atoms with Gasteiger partial charge in [-0.15, -0.1) is 0 Å². The van der Waals surface area contributed by atoms with Gasteiger partial charge in [-0.3, -0.25) is 14.8 Å². The summed E-state index contributed by atoms with van der Waals surface area (Å²) >= 11 is 0. The number of pyridine rings is 2. The molecule has 0 aliphatic carbocycles. The molecule has 0 amide bonds. The first-order valence-corrected chi connectivity index (χ1v) is 17.9. The number of carboxylic acids is 1. The van der Waals surface area contributed by atoms with E-state index in [4.69, 9.17) is 14.7 Å². The van der Waals surface area contributed by atoms with E-state index in [1.165, 1.54) is 17.7 Å². The van der Waals surface area contributed by atoms with Gasteiger partial charge in [-0.25, -0.2) is 4.79 Å². The van der Waals surface area contributed by atoms with Gasteiger partial charge in [-0.2, -0.15) is 0 Å². The second-order valence-electron chi connectivity index (χ2n) is 13.0. The lowest BCUT2D eigenvalue weighted by Crippen LogP contribution is -1.97. The Balaban J connectivity index is 0.000000167. The summed E-state index contributed by atoms with van der Waals surface area (Å²) in [6.07, 6.45) is 5.67. The second-order valence-corrected chi connectivity index (χ2v) is 13.0. The number of rotatable bonds is 11. The quantitative estimate of drug-likeness (QED) is 0.0818. The van der Waals surface area contributed by atoms with Gasteiger partial charge in [0.2, 0.25) is 0 Å². The van der Waals surface area contributed by atoms with Gasteiger partial charge in [0.1, 0.15) is 0 Å². The number of aromatic nitrogens is 2. The van der Waals surface area contributed by atoms with Crippen LogP contribution in [-0.2, 0) is 27.2 Å².